The summed E-state index contributed by atoms with van der Waals surface area (Å²) in [5.74, 6) is -0.983. The van der Waals surface area contributed by atoms with E-state index in [9.17, 15) is 13.2 Å². The van der Waals surface area contributed by atoms with E-state index in [2.05, 4.69) is 4.98 Å². The summed E-state index contributed by atoms with van der Waals surface area (Å²) in [7, 11) is -1.99. The van der Waals surface area contributed by atoms with E-state index in [0.29, 0.717) is 19.4 Å². The number of aryl methyl sites for hydroxylation is 1. The van der Waals surface area contributed by atoms with E-state index in [1.807, 2.05) is 0 Å². The van der Waals surface area contributed by atoms with Crippen LogP contribution < -0.4 is 0 Å². The lowest BCUT2D eigenvalue weighted by atomic mass is 10.2. The van der Waals surface area contributed by atoms with Crippen LogP contribution in [0.25, 0.3) is 0 Å². The van der Waals surface area contributed by atoms with Crippen molar-refractivity contribution in [1.29, 1.82) is 0 Å². The maximum absolute atomic E-state index is 12.3. The number of hydrogen-bond donors (Lipinski definition) is 1. The highest BCUT2D eigenvalue weighted by atomic mass is 32.2. The zero-order valence-corrected chi connectivity index (χ0v) is 10.8. The van der Waals surface area contributed by atoms with Crippen LogP contribution in [-0.2, 0) is 21.9 Å². The van der Waals surface area contributed by atoms with Gasteiger partial charge >= 0.3 is 5.97 Å². The number of carbonyl (C=O) groups is 1. The van der Waals surface area contributed by atoms with Gasteiger partial charge in [-0.15, -0.1) is 0 Å². The molecule has 7 nitrogen and oxygen atoms in total. The predicted molar refractivity (Wildman–Crippen MR) is 62.4 cm³/mol. The molecule has 0 aromatic carbocycles. The standard InChI is InChI=1S/C10H15N3O4S/c1-12-6-9(11-7-12)18(16,17)13-4-2-3-8(13)5-10(14)15/h6-8H,2-5H2,1H3,(H,14,15). The van der Waals surface area contributed by atoms with E-state index < -0.39 is 22.0 Å². The smallest absolute Gasteiger partial charge is 0.304 e. The number of carboxylic acid groups (broad SMARTS) is 1. The first-order chi connectivity index (χ1) is 8.41. The molecule has 2 heterocycles. The second-order valence-corrected chi connectivity index (χ2v) is 6.22. The third kappa shape index (κ3) is 2.39. The highest BCUT2D eigenvalue weighted by Crippen LogP contribution is 2.26. The van der Waals surface area contributed by atoms with Crippen molar-refractivity contribution in [2.24, 2.45) is 7.05 Å². The Labute approximate surface area is 105 Å². The highest BCUT2D eigenvalue weighted by Gasteiger charge is 2.37. The van der Waals surface area contributed by atoms with Crippen LogP contribution >= 0.6 is 0 Å². The van der Waals surface area contributed by atoms with Gasteiger partial charge in [0.2, 0.25) is 0 Å². The number of aromatic nitrogens is 2. The van der Waals surface area contributed by atoms with Gasteiger partial charge in [-0.2, -0.15) is 4.31 Å². The van der Waals surface area contributed by atoms with Gasteiger partial charge in [0.1, 0.15) is 0 Å². The molecule has 1 atom stereocenters. The van der Waals surface area contributed by atoms with E-state index in [4.69, 9.17) is 5.11 Å². The molecule has 0 radical (unpaired) electrons. The zero-order chi connectivity index (χ0) is 13.3. The summed E-state index contributed by atoms with van der Waals surface area (Å²) in [4.78, 5) is 14.6. The minimum atomic E-state index is -3.67. The van der Waals surface area contributed by atoms with Crippen LogP contribution in [0.5, 0.6) is 0 Å². The minimum Gasteiger partial charge on any atom is -0.481 e. The molecular formula is C10H15N3O4S. The van der Waals surface area contributed by atoms with E-state index in [1.165, 1.54) is 16.8 Å². The fraction of sp³-hybridized carbons (Fsp3) is 0.600. The maximum Gasteiger partial charge on any atom is 0.304 e. The third-order valence-corrected chi connectivity index (χ3v) is 4.83. The van der Waals surface area contributed by atoms with Crippen molar-refractivity contribution in [1.82, 2.24) is 13.9 Å². The number of rotatable bonds is 4. The molecule has 100 valence electrons. The number of imidazole rings is 1. The van der Waals surface area contributed by atoms with E-state index in [-0.39, 0.29) is 11.4 Å². The topological polar surface area (TPSA) is 92.5 Å². The number of sulfonamides is 1. The zero-order valence-electron chi connectivity index (χ0n) is 9.98. The van der Waals surface area contributed by atoms with Crippen molar-refractivity contribution >= 4 is 16.0 Å². The maximum atomic E-state index is 12.3. The largest absolute Gasteiger partial charge is 0.481 e. The van der Waals surface area contributed by atoms with Crippen LogP contribution in [0.15, 0.2) is 17.6 Å². The van der Waals surface area contributed by atoms with Gasteiger partial charge in [-0.25, -0.2) is 13.4 Å². The summed E-state index contributed by atoms with van der Waals surface area (Å²) in [5.41, 5.74) is 0. The minimum absolute atomic E-state index is 0.0257. The molecule has 0 spiro atoms. The molecule has 0 bridgehead atoms. The average molecular weight is 273 g/mol. The van der Waals surface area contributed by atoms with Gasteiger partial charge in [0.05, 0.1) is 12.7 Å². The Bertz CT molecular complexity index is 551. The number of nitrogens with zero attached hydrogens (tertiary/aromatic N) is 3. The van der Waals surface area contributed by atoms with Crippen molar-refractivity contribution < 1.29 is 18.3 Å². The lowest BCUT2D eigenvalue weighted by Crippen LogP contribution is -2.37. The molecule has 2 rings (SSSR count). The molecule has 1 aliphatic rings. The second-order valence-electron chi connectivity index (χ2n) is 4.39. The van der Waals surface area contributed by atoms with E-state index in [1.54, 1.807) is 11.6 Å². The number of carboxylic acids is 1. The summed E-state index contributed by atoms with van der Waals surface area (Å²) >= 11 is 0. The molecule has 1 saturated heterocycles. The lowest BCUT2D eigenvalue weighted by Gasteiger charge is -2.21. The molecular weight excluding hydrogens is 258 g/mol. The summed E-state index contributed by atoms with van der Waals surface area (Å²) in [6.07, 6.45) is 3.94. The fourth-order valence-electron chi connectivity index (χ4n) is 2.17. The molecule has 1 fully saturated rings. The van der Waals surface area contributed by atoms with E-state index in [0.717, 1.165) is 0 Å². The Kier molecular flexibility index (Phi) is 3.40. The summed E-state index contributed by atoms with van der Waals surface area (Å²) < 4.78 is 27.4. The summed E-state index contributed by atoms with van der Waals surface area (Å²) in [5, 5.41) is 8.77. The SMILES string of the molecule is Cn1cnc(S(=O)(=O)N2CCCC2CC(=O)O)c1. The van der Waals surface area contributed by atoms with Crippen molar-refractivity contribution in [2.45, 2.75) is 30.3 Å². The van der Waals surface area contributed by atoms with Gasteiger partial charge in [-0.05, 0) is 12.8 Å². The van der Waals surface area contributed by atoms with Crippen LogP contribution in [0.1, 0.15) is 19.3 Å². The van der Waals surface area contributed by atoms with E-state index >= 15 is 0 Å². The summed E-state index contributed by atoms with van der Waals surface area (Å²) in [6.45, 7) is 0.358. The predicted octanol–water partition coefficient (Wildman–Crippen LogP) is 0.0479. The average Bonchev–Trinajstić information content (AvgIpc) is 2.86. The first-order valence-electron chi connectivity index (χ1n) is 5.63. The molecule has 0 amide bonds. The van der Waals surface area contributed by atoms with Crippen LogP contribution in [0.4, 0.5) is 0 Å². The highest BCUT2D eigenvalue weighted by molar-refractivity contribution is 7.89. The van der Waals surface area contributed by atoms with Crippen molar-refractivity contribution in [3.05, 3.63) is 12.5 Å². The molecule has 1 unspecified atom stereocenters. The van der Waals surface area contributed by atoms with Crippen molar-refractivity contribution in [3.63, 3.8) is 0 Å². The van der Waals surface area contributed by atoms with Gasteiger partial charge in [0.15, 0.2) is 5.03 Å². The van der Waals surface area contributed by atoms with Gasteiger partial charge in [0, 0.05) is 25.8 Å². The first kappa shape index (κ1) is 13.0. The molecule has 8 heteroatoms. The monoisotopic (exact) mass is 273 g/mol. The fourth-order valence-corrected chi connectivity index (χ4v) is 3.84. The molecule has 0 aliphatic carbocycles. The Hall–Kier alpha value is -1.41. The third-order valence-electron chi connectivity index (χ3n) is 2.99. The molecule has 1 aromatic heterocycles. The lowest BCUT2D eigenvalue weighted by molar-refractivity contribution is -0.137. The van der Waals surface area contributed by atoms with Gasteiger partial charge in [-0.3, -0.25) is 4.79 Å². The quantitative estimate of drug-likeness (QED) is 0.836. The van der Waals surface area contributed by atoms with Gasteiger partial charge in [-0.1, -0.05) is 0 Å². The molecule has 1 aliphatic heterocycles. The first-order valence-corrected chi connectivity index (χ1v) is 7.07. The summed E-state index contributed by atoms with van der Waals surface area (Å²) in [6, 6.07) is -0.463. The Morgan fingerprint density at radius 1 is 1.61 bits per heavy atom. The van der Waals surface area contributed by atoms with Crippen LogP contribution in [0.2, 0.25) is 0 Å². The Morgan fingerprint density at radius 2 is 2.33 bits per heavy atom. The van der Waals surface area contributed by atoms with Gasteiger partial charge in [0.25, 0.3) is 10.0 Å². The van der Waals surface area contributed by atoms with Gasteiger partial charge < -0.3 is 9.67 Å². The van der Waals surface area contributed by atoms with Crippen LogP contribution in [0.3, 0.4) is 0 Å². The molecule has 0 saturated carbocycles. The van der Waals surface area contributed by atoms with Crippen LogP contribution in [0, 0.1) is 0 Å². The number of aliphatic carboxylic acids is 1. The normalized spacial score (nSPS) is 21.3. The van der Waals surface area contributed by atoms with Crippen LogP contribution in [-0.4, -0.2) is 45.9 Å². The molecule has 18 heavy (non-hydrogen) atoms. The Morgan fingerprint density at radius 3 is 2.89 bits per heavy atom. The second kappa shape index (κ2) is 4.69. The van der Waals surface area contributed by atoms with Crippen molar-refractivity contribution in [2.75, 3.05) is 6.54 Å². The number of hydrogen-bond acceptors (Lipinski definition) is 4. The van der Waals surface area contributed by atoms with Crippen molar-refractivity contribution in [3.8, 4) is 0 Å². The molecule has 1 N–H and O–H groups in total. The Balaban J connectivity index is 2.26. The molecule has 1 aromatic rings.